The summed E-state index contributed by atoms with van der Waals surface area (Å²) in [7, 11) is 0. The van der Waals surface area contributed by atoms with Gasteiger partial charge in [-0.3, -0.25) is 5.41 Å². The Hall–Kier alpha value is -3.02. The van der Waals surface area contributed by atoms with Gasteiger partial charge in [0.1, 0.15) is 11.6 Å². The second-order valence-electron chi connectivity index (χ2n) is 6.88. The molecule has 2 rings (SSSR count). The quantitative estimate of drug-likeness (QED) is 0.417. The number of nitrogens with two attached hydrogens (primary N) is 1. The first-order valence-corrected chi connectivity index (χ1v) is 8.93. The fourth-order valence-corrected chi connectivity index (χ4v) is 3.01. The number of hydrogen-bond acceptors (Lipinski definition) is 4. The van der Waals surface area contributed by atoms with Crippen LogP contribution in [0.3, 0.4) is 0 Å². The number of hydrogen-bond donors (Lipinski definition) is 4. The van der Waals surface area contributed by atoms with Crippen molar-refractivity contribution in [3.63, 3.8) is 0 Å². The zero-order valence-corrected chi connectivity index (χ0v) is 16.2. The molecule has 0 amide bonds. The fraction of sp³-hybridized carbons (Fsp3) is 0.333. The van der Waals surface area contributed by atoms with Gasteiger partial charge in [-0.05, 0) is 74.7 Å². The summed E-state index contributed by atoms with van der Waals surface area (Å²) in [6.45, 7) is 7.61. The topological polar surface area (TPSA) is 108 Å². The van der Waals surface area contributed by atoms with Crippen LogP contribution in [0.4, 0.5) is 5.69 Å². The molecule has 5 N–H and O–H groups in total. The minimum absolute atomic E-state index is 0.00686. The summed E-state index contributed by atoms with van der Waals surface area (Å²) in [6, 6.07) is 12.4. The van der Waals surface area contributed by atoms with E-state index < -0.39 is 11.5 Å². The van der Waals surface area contributed by atoms with Gasteiger partial charge in [-0.1, -0.05) is 13.0 Å². The van der Waals surface area contributed by atoms with Crippen LogP contribution in [0, 0.1) is 12.3 Å². The molecule has 0 spiro atoms. The summed E-state index contributed by atoms with van der Waals surface area (Å²) in [4.78, 5) is 12.3. The van der Waals surface area contributed by atoms with Crippen LogP contribution >= 0.6 is 0 Å². The van der Waals surface area contributed by atoms with E-state index in [0.29, 0.717) is 29.0 Å². The van der Waals surface area contributed by atoms with Gasteiger partial charge in [0.05, 0.1) is 6.10 Å². The maximum atomic E-state index is 12.3. The van der Waals surface area contributed by atoms with Crippen LogP contribution in [0.2, 0.25) is 0 Å². The Bertz CT molecular complexity index is 831. The number of carboxylic acid groups (broad SMARTS) is 1. The molecular formula is C21H27N3O3. The average molecular weight is 369 g/mol. The fourth-order valence-electron chi connectivity index (χ4n) is 3.01. The van der Waals surface area contributed by atoms with E-state index in [1.54, 1.807) is 30.3 Å². The number of anilines is 1. The molecular weight excluding hydrogens is 342 g/mol. The van der Waals surface area contributed by atoms with Crippen LogP contribution in [0.25, 0.3) is 0 Å². The van der Waals surface area contributed by atoms with E-state index in [2.05, 4.69) is 5.32 Å². The SMILES string of the molecule is CCC(Nc1ccc(C(=N)N)cc1)(C(=O)O)c1cc(C)cc(OC(C)C)c1. The van der Waals surface area contributed by atoms with E-state index in [-0.39, 0.29) is 11.9 Å². The van der Waals surface area contributed by atoms with Gasteiger partial charge in [-0.25, -0.2) is 4.79 Å². The lowest BCUT2D eigenvalue weighted by Gasteiger charge is -2.32. The molecule has 0 radical (unpaired) electrons. The van der Waals surface area contributed by atoms with Gasteiger partial charge in [-0.2, -0.15) is 0 Å². The predicted octanol–water partition coefficient (Wildman–Crippen LogP) is 3.87. The number of nitrogens with one attached hydrogen (secondary N) is 2. The molecule has 0 heterocycles. The highest BCUT2D eigenvalue weighted by atomic mass is 16.5. The van der Waals surface area contributed by atoms with Crippen LogP contribution in [0.15, 0.2) is 42.5 Å². The van der Waals surface area contributed by atoms with Crippen molar-refractivity contribution in [1.82, 2.24) is 0 Å². The van der Waals surface area contributed by atoms with E-state index in [4.69, 9.17) is 15.9 Å². The number of amidine groups is 1. The Labute approximate surface area is 159 Å². The molecule has 0 aliphatic rings. The van der Waals surface area contributed by atoms with E-state index in [0.717, 1.165) is 5.56 Å². The minimum Gasteiger partial charge on any atom is -0.491 e. The third kappa shape index (κ3) is 4.58. The molecule has 0 fully saturated rings. The Kier molecular flexibility index (Phi) is 6.10. The summed E-state index contributed by atoms with van der Waals surface area (Å²) < 4.78 is 5.79. The number of ether oxygens (including phenoxy) is 1. The lowest BCUT2D eigenvalue weighted by molar-refractivity contribution is -0.142. The molecule has 144 valence electrons. The number of carbonyl (C=O) groups is 1. The van der Waals surface area contributed by atoms with Crippen LogP contribution in [0.1, 0.15) is 43.9 Å². The summed E-state index contributed by atoms with van der Waals surface area (Å²) in [5.41, 5.74) is 6.95. The van der Waals surface area contributed by atoms with Crippen molar-refractivity contribution in [2.45, 2.75) is 45.8 Å². The monoisotopic (exact) mass is 369 g/mol. The third-order valence-electron chi connectivity index (χ3n) is 4.36. The van der Waals surface area contributed by atoms with Gasteiger partial charge in [0.2, 0.25) is 0 Å². The number of aliphatic carboxylic acids is 1. The molecule has 0 bridgehead atoms. The second-order valence-corrected chi connectivity index (χ2v) is 6.88. The van der Waals surface area contributed by atoms with Gasteiger partial charge in [0.25, 0.3) is 0 Å². The highest BCUT2D eigenvalue weighted by Gasteiger charge is 2.39. The van der Waals surface area contributed by atoms with Crippen LogP contribution in [-0.2, 0) is 10.3 Å². The number of rotatable bonds is 8. The van der Waals surface area contributed by atoms with Gasteiger partial charge in [0, 0.05) is 11.3 Å². The molecule has 1 unspecified atom stereocenters. The molecule has 6 heteroatoms. The van der Waals surface area contributed by atoms with Crippen LogP contribution < -0.4 is 15.8 Å². The van der Waals surface area contributed by atoms with Crippen molar-refractivity contribution >= 4 is 17.5 Å². The Morgan fingerprint density at radius 1 is 1.26 bits per heavy atom. The van der Waals surface area contributed by atoms with Crippen molar-refractivity contribution in [1.29, 1.82) is 5.41 Å². The number of nitrogen functional groups attached to an aromatic ring is 1. The van der Waals surface area contributed by atoms with Crippen LogP contribution in [-0.4, -0.2) is 23.0 Å². The van der Waals surface area contributed by atoms with E-state index in [1.165, 1.54) is 0 Å². The molecule has 0 aromatic heterocycles. The molecule has 1 atom stereocenters. The molecule has 0 aliphatic heterocycles. The van der Waals surface area contributed by atoms with Gasteiger partial charge in [0.15, 0.2) is 5.54 Å². The predicted molar refractivity (Wildman–Crippen MR) is 108 cm³/mol. The zero-order valence-electron chi connectivity index (χ0n) is 16.2. The Balaban J connectivity index is 2.49. The maximum Gasteiger partial charge on any atom is 0.334 e. The maximum absolute atomic E-state index is 12.3. The average Bonchev–Trinajstić information content (AvgIpc) is 2.58. The molecule has 0 aliphatic carbocycles. The molecule has 6 nitrogen and oxygen atoms in total. The summed E-state index contributed by atoms with van der Waals surface area (Å²) >= 11 is 0. The van der Waals surface area contributed by atoms with Crippen molar-refractivity contribution in [3.8, 4) is 5.75 Å². The van der Waals surface area contributed by atoms with Crippen LogP contribution in [0.5, 0.6) is 5.75 Å². The highest BCUT2D eigenvalue weighted by Crippen LogP contribution is 2.34. The lowest BCUT2D eigenvalue weighted by atomic mass is 9.85. The van der Waals surface area contributed by atoms with Gasteiger partial charge in [-0.15, -0.1) is 0 Å². The first kappa shape index (κ1) is 20.3. The summed E-state index contributed by atoms with van der Waals surface area (Å²) in [5.74, 6) is -0.356. The van der Waals surface area contributed by atoms with E-state index in [1.807, 2.05) is 39.8 Å². The lowest BCUT2D eigenvalue weighted by Crippen LogP contribution is -2.43. The number of aryl methyl sites for hydroxylation is 1. The smallest absolute Gasteiger partial charge is 0.334 e. The van der Waals surface area contributed by atoms with Crippen molar-refractivity contribution in [3.05, 3.63) is 59.2 Å². The molecule has 0 saturated heterocycles. The van der Waals surface area contributed by atoms with E-state index >= 15 is 0 Å². The Morgan fingerprint density at radius 2 is 1.89 bits per heavy atom. The van der Waals surface area contributed by atoms with E-state index in [9.17, 15) is 9.90 Å². The normalized spacial score (nSPS) is 13.1. The standard InChI is InChI=1S/C21H27N3O3/c1-5-21(20(25)26,24-17-8-6-15(7-9-17)19(22)23)16-10-14(4)11-18(12-16)27-13(2)3/h6-13,24H,5H2,1-4H3,(H3,22,23)(H,25,26). The summed E-state index contributed by atoms with van der Waals surface area (Å²) in [6.07, 6.45) is 0.328. The number of carboxylic acids is 1. The second kappa shape index (κ2) is 8.12. The van der Waals surface area contributed by atoms with Crippen molar-refractivity contribution in [2.75, 3.05) is 5.32 Å². The van der Waals surface area contributed by atoms with Gasteiger partial charge < -0.3 is 20.9 Å². The molecule has 0 saturated carbocycles. The van der Waals surface area contributed by atoms with Crippen molar-refractivity contribution in [2.24, 2.45) is 5.73 Å². The minimum atomic E-state index is -1.31. The molecule has 2 aromatic rings. The third-order valence-corrected chi connectivity index (χ3v) is 4.36. The number of benzene rings is 2. The zero-order chi connectivity index (χ0) is 20.2. The highest BCUT2D eigenvalue weighted by molar-refractivity contribution is 5.95. The summed E-state index contributed by atoms with van der Waals surface area (Å²) in [5, 5.41) is 20.7. The van der Waals surface area contributed by atoms with Gasteiger partial charge >= 0.3 is 5.97 Å². The first-order valence-electron chi connectivity index (χ1n) is 8.93. The van der Waals surface area contributed by atoms with Crippen molar-refractivity contribution < 1.29 is 14.6 Å². The largest absolute Gasteiger partial charge is 0.491 e. The Morgan fingerprint density at radius 3 is 2.37 bits per heavy atom. The molecule has 27 heavy (non-hydrogen) atoms. The molecule has 2 aromatic carbocycles. The first-order chi connectivity index (χ1) is 12.7.